The molecule has 0 unspecified atom stereocenters. The maximum Gasteiger partial charge on any atom is 0.228 e. The summed E-state index contributed by atoms with van der Waals surface area (Å²) in [7, 11) is 1.31. The first-order valence-electron chi connectivity index (χ1n) is 3.41. The van der Waals surface area contributed by atoms with E-state index in [-0.39, 0.29) is 5.76 Å². The van der Waals surface area contributed by atoms with Gasteiger partial charge >= 0.3 is 0 Å². The smallest absolute Gasteiger partial charge is 0.228 e. The third kappa shape index (κ3) is 1.63. The molecule has 1 aliphatic rings. The van der Waals surface area contributed by atoms with Crippen LogP contribution in [-0.4, -0.2) is 42.1 Å². The van der Waals surface area contributed by atoms with Gasteiger partial charge in [-0.25, -0.2) is 0 Å². The molecule has 0 aromatic carbocycles. The number of aliphatic hydroxyl groups excluding tert-OH is 2. The van der Waals surface area contributed by atoms with E-state index in [1.54, 1.807) is 0 Å². The fourth-order valence-corrected chi connectivity index (χ4v) is 0.926. The van der Waals surface area contributed by atoms with Gasteiger partial charge < -0.3 is 19.7 Å². The Labute approximate surface area is 69.2 Å². The number of rotatable bonds is 2. The molecule has 68 valence electrons. The molecule has 0 amide bonds. The van der Waals surface area contributed by atoms with Gasteiger partial charge in [-0.05, 0) is 6.08 Å². The minimum atomic E-state index is -1.15. The standard InChI is InChI=1S/C7H10O5/c1-11-7-6(10)5(9)2-4(3-8)12-7/h2-3,5-7,9-10H,1H3/t5-,6+,7-/m0/s1. The average molecular weight is 174 g/mol. The molecule has 5 heteroatoms. The van der Waals surface area contributed by atoms with Crippen LogP contribution in [0.4, 0.5) is 0 Å². The summed E-state index contributed by atoms with van der Waals surface area (Å²) in [5.74, 6) is -0.0281. The Morgan fingerprint density at radius 1 is 1.67 bits per heavy atom. The van der Waals surface area contributed by atoms with Gasteiger partial charge in [-0.15, -0.1) is 0 Å². The Bertz CT molecular complexity index is 200. The van der Waals surface area contributed by atoms with Gasteiger partial charge in [0.25, 0.3) is 0 Å². The first kappa shape index (κ1) is 9.18. The zero-order chi connectivity index (χ0) is 9.14. The molecule has 0 radical (unpaired) electrons. The molecule has 3 atom stereocenters. The Balaban J connectivity index is 2.75. The highest BCUT2D eigenvalue weighted by Crippen LogP contribution is 2.16. The monoisotopic (exact) mass is 174 g/mol. The van der Waals surface area contributed by atoms with Crippen LogP contribution in [-0.2, 0) is 14.3 Å². The quantitative estimate of drug-likeness (QED) is 0.514. The lowest BCUT2D eigenvalue weighted by Gasteiger charge is -2.28. The summed E-state index contributed by atoms with van der Waals surface area (Å²) < 4.78 is 9.50. The molecule has 12 heavy (non-hydrogen) atoms. The SMILES string of the molecule is CO[C@H]1OC(C=O)=C[C@H](O)[C@H]1O. The van der Waals surface area contributed by atoms with Crippen LogP contribution in [0.3, 0.4) is 0 Å². The van der Waals surface area contributed by atoms with Crippen LogP contribution in [0.1, 0.15) is 0 Å². The van der Waals surface area contributed by atoms with Crippen LogP contribution in [0, 0.1) is 0 Å². The van der Waals surface area contributed by atoms with E-state index in [4.69, 9.17) is 9.84 Å². The lowest BCUT2D eigenvalue weighted by molar-refractivity contribution is -0.190. The molecular formula is C7H10O5. The number of aliphatic hydroxyl groups is 2. The Hall–Kier alpha value is -0.910. The molecule has 1 heterocycles. The van der Waals surface area contributed by atoms with Crippen molar-refractivity contribution in [2.45, 2.75) is 18.5 Å². The van der Waals surface area contributed by atoms with Crippen LogP contribution in [0.5, 0.6) is 0 Å². The average Bonchev–Trinajstić information content (AvgIpc) is 2.09. The zero-order valence-corrected chi connectivity index (χ0v) is 6.51. The van der Waals surface area contributed by atoms with E-state index < -0.39 is 18.5 Å². The van der Waals surface area contributed by atoms with Gasteiger partial charge in [-0.3, -0.25) is 4.79 Å². The second-order valence-electron chi connectivity index (χ2n) is 2.39. The van der Waals surface area contributed by atoms with E-state index in [0.29, 0.717) is 6.29 Å². The van der Waals surface area contributed by atoms with Crippen molar-refractivity contribution in [2.75, 3.05) is 7.11 Å². The number of methoxy groups -OCH3 is 1. The van der Waals surface area contributed by atoms with Crippen molar-refractivity contribution in [3.63, 3.8) is 0 Å². The van der Waals surface area contributed by atoms with Crippen LogP contribution >= 0.6 is 0 Å². The molecule has 0 aromatic heterocycles. The number of aldehydes is 1. The molecule has 0 spiro atoms. The Morgan fingerprint density at radius 2 is 2.33 bits per heavy atom. The number of carbonyl (C=O) groups excluding carboxylic acids is 1. The molecule has 0 saturated carbocycles. The molecular weight excluding hydrogens is 164 g/mol. The van der Waals surface area contributed by atoms with Crippen molar-refractivity contribution in [3.8, 4) is 0 Å². The van der Waals surface area contributed by atoms with Crippen molar-refractivity contribution in [3.05, 3.63) is 11.8 Å². The summed E-state index contributed by atoms with van der Waals surface area (Å²) in [6.45, 7) is 0. The largest absolute Gasteiger partial charge is 0.459 e. The minimum Gasteiger partial charge on any atom is -0.459 e. The van der Waals surface area contributed by atoms with Crippen molar-refractivity contribution in [1.82, 2.24) is 0 Å². The summed E-state index contributed by atoms with van der Waals surface area (Å²) in [4.78, 5) is 10.2. The van der Waals surface area contributed by atoms with Gasteiger partial charge in [-0.1, -0.05) is 0 Å². The van der Waals surface area contributed by atoms with Crippen LogP contribution in [0.15, 0.2) is 11.8 Å². The van der Waals surface area contributed by atoms with E-state index in [2.05, 4.69) is 4.74 Å². The van der Waals surface area contributed by atoms with Crippen molar-refractivity contribution in [1.29, 1.82) is 0 Å². The summed E-state index contributed by atoms with van der Waals surface area (Å²) in [6, 6.07) is 0. The fourth-order valence-electron chi connectivity index (χ4n) is 0.926. The molecule has 2 N–H and O–H groups in total. The van der Waals surface area contributed by atoms with Gasteiger partial charge in [0.05, 0.1) is 0 Å². The van der Waals surface area contributed by atoms with E-state index in [1.165, 1.54) is 7.11 Å². The maximum absolute atomic E-state index is 10.2. The molecule has 1 rings (SSSR count). The van der Waals surface area contributed by atoms with E-state index in [1.807, 2.05) is 0 Å². The highest BCUT2D eigenvalue weighted by molar-refractivity contribution is 5.70. The van der Waals surface area contributed by atoms with E-state index in [0.717, 1.165) is 6.08 Å². The summed E-state index contributed by atoms with van der Waals surface area (Å²) in [6.07, 6.45) is -1.68. The summed E-state index contributed by atoms with van der Waals surface area (Å²) in [5, 5.41) is 18.3. The summed E-state index contributed by atoms with van der Waals surface area (Å²) in [5.41, 5.74) is 0. The van der Waals surface area contributed by atoms with Gasteiger partial charge in [0.2, 0.25) is 6.29 Å². The normalized spacial score (nSPS) is 35.2. The third-order valence-electron chi connectivity index (χ3n) is 1.56. The second-order valence-corrected chi connectivity index (χ2v) is 2.39. The number of hydrogen-bond acceptors (Lipinski definition) is 5. The highest BCUT2D eigenvalue weighted by atomic mass is 16.7. The molecule has 0 aromatic rings. The third-order valence-corrected chi connectivity index (χ3v) is 1.56. The lowest BCUT2D eigenvalue weighted by Crippen LogP contribution is -2.42. The van der Waals surface area contributed by atoms with Crippen molar-refractivity contribution < 1.29 is 24.5 Å². The summed E-state index contributed by atoms with van der Waals surface area (Å²) >= 11 is 0. The predicted molar refractivity (Wildman–Crippen MR) is 38.0 cm³/mol. The molecule has 0 saturated heterocycles. The lowest BCUT2D eigenvalue weighted by atomic mass is 10.1. The number of allylic oxidation sites excluding steroid dienone is 1. The van der Waals surface area contributed by atoms with Crippen molar-refractivity contribution >= 4 is 6.29 Å². The number of hydrogen-bond donors (Lipinski definition) is 2. The molecule has 5 nitrogen and oxygen atoms in total. The molecule has 0 bridgehead atoms. The Kier molecular flexibility index (Phi) is 2.80. The van der Waals surface area contributed by atoms with Gasteiger partial charge in [-0.2, -0.15) is 0 Å². The number of carbonyl (C=O) groups is 1. The first-order valence-corrected chi connectivity index (χ1v) is 3.41. The van der Waals surface area contributed by atoms with E-state index in [9.17, 15) is 9.90 Å². The van der Waals surface area contributed by atoms with Crippen LogP contribution in [0.2, 0.25) is 0 Å². The molecule has 0 fully saturated rings. The van der Waals surface area contributed by atoms with Crippen LogP contribution < -0.4 is 0 Å². The predicted octanol–water partition coefficient (Wildman–Crippen LogP) is -1.21. The van der Waals surface area contributed by atoms with Gasteiger partial charge in [0, 0.05) is 7.11 Å². The van der Waals surface area contributed by atoms with Gasteiger partial charge in [0.15, 0.2) is 12.0 Å². The zero-order valence-electron chi connectivity index (χ0n) is 6.51. The van der Waals surface area contributed by atoms with E-state index >= 15 is 0 Å². The first-order chi connectivity index (χ1) is 5.69. The topological polar surface area (TPSA) is 76.0 Å². The molecule has 1 aliphatic heterocycles. The highest BCUT2D eigenvalue weighted by Gasteiger charge is 2.31. The Morgan fingerprint density at radius 3 is 2.83 bits per heavy atom. The van der Waals surface area contributed by atoms with Gasteiger partial charge in [0.1, 0.15) is 12.2 Å². The van der Waals surface area contributed by atoms with Crippen LogP contribution in [0.25, 0.3) is 0 Å². The second kappa shape index (κ2) is 3.66. The number of ether oxygens (including phenoxy) is 2. The minimum absolute atomic E-state index is 0.0281. The maximum atomic E-state index is 10.2. The fraction of sp³-hybridized carbons (Fsp3) is 0.571. The van der Waals surface area contributed by atoms with Crippen molar-refractivity contribution in [2.24, 2.45) is 0 Å². The molecule has 0 aliphatic carbocycles.